The third-order valence-electron chi connectivity index (χ3n) is 4.86. The van der Waals surface area contributed by atoms with Crippen molar-refractivity contribution in [2.24, 2.45) is 0 Å². The van der Waals surface area contributed by atoms with Gasteiger partial charge in [-0.3, -0.25) is 9.69 Å². The number of rotatable bonds is 5. The van der Waals surface area contributed by atoms with Crippen LogP contribution in [0.3, 0.4) is 0 Å². The molecule has 7 heteroatoms. The molecule has 128 valence electrons. The van der Waals surface area contributed by atoms with Crippen molar-refractivity contribution in [3.8, 4) is 0 Å². The van der Waals surface area contributed by atoms with Gasteiger partial charge < -0.3 is 10.2 Å². The number of hydrogen-bond donors (Lipinski definition) is 1. The lowest BCUT2D eigenvalue weighted by atomic mass is 10.1. The molecule has 0 aromatic heterocycles. The Labute approximate surface area is 134 Å². The Hall–Kier alpha value is -0.660. The Bertz CT molecular complexity index is 472. The molecule has 0 saturated carbocycles. The van der Waals surface area contributed by atoms with Gasteiger partial charge in [-0.2, -0.15) is 0 Å². The maximum Gasteiger partial charge on any atom is 0.237 e. The van der Waals surface area contributed by atoms with Crippen molar-refractivity contribution < 1.29 is 13.2 Å². The van der Waals surface area contributed by atoms with Crippen LogP contribution in [0, 0.1) is 0 Å². The van der Waals surface area contributed by atoms with Crippen molar-refractivity contribution in [1.82, 2.24) is 15.1 Å². The molecule has 2 fully saturated rings. The van der Waals surface area contributed by atoms with Crippen LogP contribution in [0.4, 0.5) is 0 Å². The van der Waals surface area contributed by atoms with E-state index in [1.54, 1.807) is 4.90 Å². The number of likely N-dealkylation sites (N-methyl/N-ethyl adjacent to an activating group) is 2. The van der Waals surface area contributed by atoms with Crippen LogP contribution < -0.4 is 5.32 Å². The summed E-state index contributed by atoms with van der Waals surface area (Å²) in [6.07, 6.45) is 3.90. The second kappa shape index (κ2) is 7.75. The zero-order chi connectivity index (χ0) is 16.2. The van der Waals surface area contributed by atoms with Gasteiger partial charge >= 0.3 is 0 Å². The Morgan fingerprint density at radius 1 is 1.18 bits per heavy atom. The predicted octanol–water partition coefficient (Wildman–Crippen LogP) is 0.0959. The number of hydrogen-bond acceptors (Lipinski definition) is 5. The van der Waals surface area contributed by atoms with Crippen molar-refractivity contribution in [3.05, 3.63) is 0 Å². The van der Waals surface area contributed by atoms with Crippen molar-refractivity contribution >= 4 is 15.7 Å². The lowest BCUT2D eigenvalue weighted by Gasteiger charge is -2.32. The van der Waals surface area contributed by atoms with Crippen molar-refractivity contribution in [2.45, 2.75) is 44.7 Å². The Kier molecular flexibility index (Phi) is 6.23. The summed E-state index contributed by atoms with van der Waals surface area (Å²) in [6.45, 7) is 4.95. The van der Waals surface area contributed by atoms with E-state index in [9.17, 15) is 13.2 Å². The van der Waals surface area contributed by atoms with Gasteiger partial charge in [0.1, 0.15) is 0 Å². The van der Waals surface area contributed by atoms with Gasteiger partial charge in [-0.05, 0) is 52.7 Å². The Balaban J connectivity index is 1.91. The molecule has 6 nitrogen and oxygen atoms in total. The molecule has 0 aromatic rings. The van der Waals surface area contributed by atoms with Gasteiger partial charge in [0.25, 0.3) is 0 Å². The van der Waals surface area contributed by atoms with Gasteiger partial charge in [-0.1, -0.05) is 0 Å². The monoisotopic (exact) mass is 331 g/mol. The van der Waals surface area contributed by atoms with Crippen molar-refractivity contribution in [1.29, 1.82) is 0 Å². The molecule has 1 N–H and O–H groups in total. The van der Waals surface area contributed by atoms with E-state index < -0.39 is 9.84 Å². The number of nitrogens with one attached hydrogen (secondary N) is 1. The number of nitrogens with zero attached hydrogens (tertiary/aromatic N) is 2. The van der Waals surface area contributed by atoms with E-state index in [1.807, 2.05) is 14.0 Å². The van der Waals surface area contributed by atoms with Crippen LogP contribution in [0.1, 0.15) is 32.6 Å². The van der Waals surface area contributed by atoms with Crippen LogP contribution in [0.15, 0.2) is 0 Å². The average Bonchev–Trinajstić information content (AvgIpc) is 2.68. The normalized spacial score (nSPS) is 28.5. The first-order chi connectivity index (χ1) is 10.4. The summed E-state index contributed by atoms with van der Waals surface area (Å²) < 4.78 is 23.3. The molecule has 2 aliphatic heterocycles. The zero-order valence-corrected chi connectivity index (χ0v) is 14.6. The topological polar surface area (TPSA) is 69.7 Å². The summed E-state index contributed by atoms with van der Waals surface area (Å²) in [6, 6.07) is 0.302. The van der Waals surface area contributed by atoms with Crippen LogP contribution in [-0.2, 0) is 14.6 Å². The smallest absolute Gasteiger partial charge is 0.237 e. The van der Waals surface area contributed by atoms with E-state index >= 15 is 0 Å². The fourth-order valence-electron chi connectivity index (χ4n) is 3.53. The second-order valence-electron chi connectivity index (χ2n) is 6.49. The zero-order valence-electron chi connectivity index (χ0n) is 13.8. The highest BCUT2D eigenvalue weighted by Gasteiger charge is 2.34. The van der Waals surface area contributed by atoms with E-state index in [0.717, 1.165) is 32.4 Å². The first kappa shape index (κ1) is 17.7. The number of sulfone groups is 1. The summed E-state index contributed by atoms with van der Waals surface area (Å²) in [7, 11) is -0.947. The molecule has 2 rings (SSSR count). The third kappa shape index (κ3) is 4.67. The maximum atomic E-state index is 12.6. The highest BCUT2D eigenvalue weighted by molar-refractivity contribution is 7.91. The number of carbonyl (C=O) groups excluding carboxylic acids is 1. The van der Waals surface area contributed by atoms with Gasteiger partial charge in [0, 0.05) is 18.6 Å². The highest BCUT2D eigenvalue weighted by Crippen LogP contribution is 2.19. The summed E-state index contributed by atoms with van der Waals surface area (Å²) in [4.78, 5) is 16.5. The highest BCUT2D eigenvalue weighted by atomic mass is 32.2. The van der Waals surface area contributed by atoms with Gasteiger partial charge in [0.05, 0.1) is 18.1 Å². The second-order valence-corrected chi connectivity index (χ2v) is 8.72. The van der Waals surface area contributed by atoms with Gasteiger partial charge in [-0.15, -0.1) is 0 Å². The van der Waals surface area contributed by atoms with Crippen LogP contribution in [-0.4, -0.2) is 80.9 Å². The SMILES string of the molecule is CCN(C(=O)CN(C)C1CCCNCC1)C1CCS(=O)(=O)C1. The largest absolute Gasteiger partial charge is 0.338 e. The fourth-order valence-corrected chi connectivity index (χ4v) is 5.26. The quantitative estimate of drug-likeness (QED) is 0.773. The van der Waals surface area contributed by atoms with E-state index in [4.69, 9.17) is 0 Å². The predicted molar refractivity (Wildman–Crippen MR) is 87.6 cm³/mol. The Morgan fingerprint density at radius 3 is 2.59 bits per heavy atom. The van der Waals surface area contributed by atoms with E-state index in [-0.39, 0.29) is 23.5 Å². The van der Waals surface area contributed by atoms with Crippen molar-refractivity contribution in [3.63, 3.8) is 0 Å². The molecule has 2 unspecified atom stereocenters. The first-order valence-electron chi connectivity index (χ1n) is 8.34. The molecule has 0 bridgehead atoms. The molecule has 2 saturated heterocycles. The van der Waals surface area contributed by atoms with Crippen LogP contribution in [0.2, 0.25) is 0 Å². The summed E-state index contributed by atoms with van der Waals surface area (Å²) in [5, 5.41) is 3.38. The molecule has 22 heavy (non-hydrogen) atoms. The molecule has 2 atom stereocenters. The van der Waals surface area contributed by atoms with Crippen LogP contribution >= 0.6 is 0 Å². The average molecular weight is 331 g/mol. The third-order valence-corrected chi connectivity index (χ3v) is 6.61. The summed E-state index contributed by atoms with van der Waals surface area (Å²) >= 11 is 0. The molecule has 2 aliphatic rings. The van der Waals surface area contributed by atoms with Crippen LogP contribution in [0.5, 0.6) is 0 Å². The van der Waals surface area contributed by atoms with E-state index in [1.165, 1.54) is 0 Å². The minimum atomic E-state index is -2.95. The standard InChI is InChI=1S/C15H29N3O3S/c1-3-18(14-7-10-22(20,21)12-14)15(19)11-17(2)13-5-4-8-16-9-6-13/h13-14,16H,3-12H2,1-2H3. The summed E-state index contributed by atoms with van der Waals surface area (Å²) in [5.74, 6) is 0.402. The molecular formula is C15H29N3O3S. The van der Waals surface area contributed by atoms with Gasteiger partial charge in [-0.25, -0.2) is 8.42 Å². The minimum absolute atomic E-state index is 0.0595. The fraction of sp³-hybridized carbons (Fsp3) is 0.933. The van der Waals surface area contributed by atoms with Crippen molar-refractivity contribution in [2.75, 3.05) is 44.7 Å². The summed E-state index contributed by atoms with van der Waals surface area (Å²) in [5.41, 5.74) is 0. The first-order valence-corrected chi connectivity index (χ1v) is 10.2. The van der Waals surface area contributed by atoms with Crippen LogP contribution in [0.25, 0.3) is 0 Å². The molecule has 0 aliphatic carbocycles. The lowest BCUT2D eigenvalue weighted by Crippen LogP contribution is -2.47. The molecule has 1 amide bonds. The Morgan fingerprint density at radius 2 is 1.95 bits per heavy atom. The van der Waals surface area contributed by atoms with Gasteiger partial charge in [0.15, 0.2) is 9.84 Å². The number of carbonyl (C=O) groups is 1. The van der Waals surface area contributed by atoms with E-state index in [0.29, 0.717) is 25.6 Å². The molecular weight excluding hydrogens is 302 g/mol. The minimum Gasteiger partial charge on any atom is -0.338 e. The molecule has 0 spiro atoms. The number of amides is 1. The molecule has 0 aromatic carbocycles. The molecule has 2 heterocycles. The maximum absolute atomic E-state index is 12.6. The lowest BCUT2D eigenvalue weighted by molar-refractivity contribution is -0.134. The molecule has 0 radical (unpaired) electrons. The van der Waals surface area contributed by atoms with E-state index in [2.05, 4.69) is 10.2 Å². The van der Waals surface area contributed by atoms with Gasteiger partial charge in [0.2, 0.25) is 5.91 Å².